The van der Waals surface area contributed by atoms with E-state index in [2.05, 4.69) is 0 Å². The van der Waals surface area contributed by atoms with Gasteiger partial charge in [0.05, 0.1) is 0 Å². The molecule has 4 aromatic rings. The van der Waals surface area contributed by atoms with Gasteiger partial charge in [-0.15, -0.1) is 0 Å². The van der Waals surface area contributed by atoms with Crippen LogP contribution in [0.5, 0.6) is 0 Å². The van der Waals surface area contributed by atoms with Crippen molar-refractivity contribution in [2.24, 2.45) is 0 Å². The fourth-order valence-electron chi connectivity index (χ4n) is 6.34. The molecule has 0 amide bonds. The molecule has 204 valence electrons. The van der Waals surface area contributed by atoms with Crippen LogP contribution in [0.4, 0.5) is 30.7 Å². The van der Waals surface area contributed by atoms with Gasteiger partial charge in [0.1, 0.15) is 0 Å². The number of carbonyl (C=O) groups is 1. The Morgan fingerprint density at radius 3 is 1.45 bits per heavy atom. The highest BCUT2D eigenvalue weighted by atomic mass is 19.4. The molecule has 0 aliphatic carbocycles. The highest BCUT2D eigenvalue weighted by Gasteiger charge is 2.99. The summed E-state index contributed by atoms with van der Waals surface area (Å²) in [4.78, 5) is 14.1. The van der Waals surface area contributed by atoms with E-state index in [1.807, 2.05) is 0 Å². The number of ketones is 1. The predicted octanol–water partition coefficient (Wildman–Crippen LogP) is 7.71. The van der Waals surface area contributed by atoms with Crippen molar-refractivity contribution in [1.82, 2.24) is 0 Å². The number of alkyl halides is 7. The van der Waals surface area contributed by atoms with Gasteiger partial charge in [0.25, 0.3) is 11.3 Å². The Labute approximate surface area is 224 Å². The zero-order valence-corrected chi connectivity index (χ0v) is 20.4. The number of hydrogen-bond donors (Lipinski definition) is 0. The lowest BCUT2D eigenvalue weighted by molar-refractivity contribution is -0.353. The number of ether oxygens (including phenoxy) is 1. The van der Waals surface area contributed by atoms with Crippen LogP contribution in [0, 0.1) is 0 Å². The van der Waals surface area contributed by atoms with E-state index in [1.54, 1.807) is 0 Å². The van der Waals surface area contributed by atoms with Crippen LogP contribution >= 0.6 is 0 Å². The number of hydrogen-bond acceptors (Lipinski definition) is 2. The van der Waals surface area contributed by atoms with Crippen molar-refractivity contribution < 1.29 is 40.3 Å². The van der Waals surface area contributed by atoms with Crippen molar-refractivity contribution in [3.63, 3.8) is 0 Å². The van der Waals surface area contributed by atoms with Gasteiger partial charge in [0.15, 0.2) is 11.2 Å². The minimum absolute atomic E-state index is 0.233. The van der Waals surface area contributed by atoms with Crippen LogP contribution in [0.2, 0.25) is 0 Å². The fraction of sp³-hybridized carbons (Fsp3) is 0.194. The molecule has 0 N–H and O–H groups in total. The van der Waals surface area contributed by atoms with Gasteiger partial charge in [-0.2, -0.15) is 22.0 Å². The molecule has 2 bridgehead atoms. The molecular formula is C31H19F7O2. The van der Waals surface area contributed by atoms with Crippen LogP contribution in [0.25, 0.3) is 0 Å². The van der Waals surface area contributed by atoms with Crippen LogP contribution in [0.1, 0.15) is 32.6 Å². The average molecular weight is 556 g/mol. The molecule has 0 spiro atoms. The zero-order chi connectivity index (χ0) is 28.6. The summed E-state index contributed by atoms with van der Waals surface area (Å²) in [6.07, 6.45) is -6.61. The van der Waals surface area contributed by atoms with Crippen molar-refractivity contribution in [2.75, 3.05) is 0 Å². The van der Waals surface area contributed by atoms with Crippen LogP contribution in [-0.2, 0) is 15.9 Å². The van der Waals surface area contributed by atoms with Gasteiger partial charge in [0.2, 0.25) is 5.78 Å². The van der Waals surface area contributed by atoms with E-state index in [-0.39, 0.29) is 11.1 Å². The van der Waals surface area contributed by atoms with Crippen LogP contribution in [-0.4, -0.2) is 29.2 Å². The highest BCUT2D eigenvalue weighted by molar-refractivity contribution is 6.06. The molecule has 0 unspecified atom stereocenters. The van der Waals surface area contributed by atoms with Crippen molar-refractivity contribution in [3.8, 4) is 0 Å². The third kappa shape index (κ3) is 2.76. The molecule has 40 heavy (non-hydrogen) atoms. The summed E-state index contributed by atoms with van der Waals surface area (Å²) in [5.41, 5.74) is -18.4. The Hall–Kier alpha value is -3.98. The molecule has 9 heteroatoms. The number of rotatable bonds is 5. The Kier molecular flexibility index (Phi) is 5.43. The SMILES string of the molecule is O=C(c1ccccc1)[C@]1(F)[C@@]2(c3ccccc3)O[C@](c3ccccc3)(c3ccccc32)[C@@]1(F)C(F)(F)C(F)(F)F. The molecule has 2 aliphatic heterocycles. The highest BCUT2D eigenvalue weighted by Crippen LogP contribution is 2.78. The van der Waals surface area contributed by atoms with E-state index in [0.717, 1.165) is 30.3 Å². The number of benzene rings is 4. The van der Waals surface area contributed by atoms with Crippen LogP contribution in [0.15, 0.2) is 115 Å². The van der Waals surface area contributed by atoms with Gasteiger partial charge in [-0.1, -0.05) is 115 Å². The number of halogens is 7. The Morgan fingerprint density at radius 1 is 0.575 bits per heavy atom. The second kappa shape index (κ2) is 8.27. The smallest absolute Gasteiger partial charge is 0.342 e. The topological polar surface area (TPSA) is 26.3 Å². The molecule has 6 rings (SSSR count). The molecule has 0 aromatic heterocycles. The molecule has 2 nitrogen and oxygen atoms in total. The van der Waals surface area contributed by atoms with E-state index in [0.29, 0.717) is 0 Å². The first-order valence-corrected chi connectivity index (χ1v) is 12.2. The van der Waals surface area contributed by atoms with Gasteiger partial charge in [-0.05, 0) is 22.3 Å². The third-order valence-corrected chi connectivity index (χ3v) is 7.93. The Morgan fingerprint density at radius 2 is 0.975 bits per heavy atom. The molecule has 0 radical (unpaired) electrons. The van der Waals surface area contributed by atoms with Crippen LogP contribution < -0.4 is 0 Å². The van der Waals surface area contributed by atoms with Crippen LogP contribution in [0.3, 0.4) is 0 Å². The maximum absolute atomic E-state index is 18.3. The number of Topliss-reactive ketones (excluding diaryl/α,β-unsaturated/α-hetero) is 1. The van der Waals surface area contributed by atoms with E-state index in [9.17, 15) is 18.0 Å². The molecule has 4 aromatic carbocycles. The summed E-state index contributed by atoms with van der Waals surface area (Å²) in [5, 5.41) is 0. The summed E-state index contributed by atoms with van der Waals surface area (Å²) in [5.74, 6) is -8.32. The Bertz CT molecular complexity index is 1590. The normalized spacial score (nSPS) is 29.3. The summed E-state index contributed by atoms with van der Waals surface area (Å²) >= 11 is 0. The van der Waals surface area contributed by atoms with E-state index < -0.39 is 57.1 Å². The van der Waals surface area contributed by atoms with Gasteiger partial charge in [-0.3, -0.25) is 4.79 Å². The van der Waals surface area contributed by atoms with Crippen molar-refractivity contribution >= 4 is 5.78 Å². The number of fused-ring (bicyclic) bond motifs is 5. The minimum atomic E-state index is -6.61. The van der Waals surface area contributed by atoms with Crippen molar-refractivity contribution in [3.05, 3.63) is 143 Å². The molecule has 2 heterocycles. The maximum atomic E-state index is 18.3. The maximum Gasteiger partial charge on any atom is 0.457 e. The molecule has 2 aliphatic rings. The first kappa shape index (κ1) is 26.3. The Balaban J connectivity index is 1.87. The predicted molar refractivity (Wildman–Crippen MR) is 131 cm³/mol. The average Bonchev–Trinajstić information content (AvgIpc) is 3.40. The standard InChI is InChI=1S/C31H19F7O2/c32-28(25(39)20-12-4-1-5-13-20)26(21-14-6-2-7-15-21)23-18-10-11-19-24(23)27(40-26,22-16-8-3-9-17-22)29(28,33)30(34,35)31(36,37)38/h1-19H/t26-,27+,28-,29-/m0/s1. The molecule has 4 atom stereocenters. The lowest BCUT2D eigenvalue weighted by Gasteiger charge is -2.50. The number of carbonyl (C=O) groups excluding carboxylic acids is 1. The molecule has 1 fully saturated rings. The lowest BCUT2D eigenvalue weighted by Crippen LogP contribution is -2.76. The second-order valence-electron chi connectivity index (χ2n) is 9.83. The van der Waals surface area contributed by atoms with Gasteiger partial charge < -0.3 is 4.74 Å². The van der Waals surface area contributed by atoms with E-state index in [4.69, 9.17) is 4.74 Å². The molecular weight excluding hydrogens is 537 g/mol. The second-order valence-corrected chi connectivity index (χ2v) is 9.83. The van der Waals surface area contributed by atoms with E-state index >= 15 is 17.6 Å². The summed E-state index contributed by atoms with van der Waals surface area (Å²) in [6, 6.07) is 23.9. The first-order chi connectivity index (χ1) is 18.9. The zero-order valence-electron chi connectivity index (χ0n) is 20.4. The molecule has 0 saturated carbocycles. The minimum Gasteiger partial charge on any atom is -0.342 e. The van der Waals surface area contributed by atoms with Gasteiger partial charge >= 0.3 is 12.1 Å². The molecule has 1 saturated heterocycles. The fourth-order valence-corrected chi connectivity index (χ4v) is 6.34. The lowest BCUT2D eigenvalue weighted by atomic mass is 9.53. The third-order valence-electron chi connectivity index (χ3n) is 7.93. The largest absolute Gasteiger partial charge is 0.457 e. The first-order valence-electron chi connectivity index (χ1n) is 12.2. The van der Waals surface area contributed by atoms with Gasteiger partial charge in [0, 0.05) is 5.56 Å². The van der Waals surface area contributed by atoms with Crippen molar-refractivity contribution in [1.29, 1.82) is 0 Å². The van der Waals surface area contributed by atoms with Crippen molar-refractivity contribution in [2.45, 2.75) is 34.6 Å². The van der Waals surface area contributed by atoms with E-state index in [1.165, 1.54) is 84.9 Å². The summed E-state index contributed by atoms with van der Waals surface area (Å²) in [6.45, 7) is 0. The van der Waals surface area contributed by atoms with Gasteiger partial charge in [-0.25, -0.2) is 8.78 Å². The quantitative estimate of drug-likeness (QED) is 0.186. The summed E-state index contributed by atoms with van der Waals surface area (Å²) in [7, 11) is 0. The monoisotopic (exact) mass is 556 g/mol. The summed E-state index contributed by atoms with van der Waals surface area (Å²) < 4.78 is 117.